The number of benzene rings is 2. The molecule has 5 heteroatoms. The Morgan fingerprint density at radius 2 is 2.04 bits per heavy atom. The molecule has 0 radical (unpaired) electrons. The van der Waals surface area contributed by atoms with Crippen LogP contribution in [0.2, 0.25) is 0 Å². The Balaban J connectivity index is 1.88. The second kappa shape index (κ2) is 4.92. The minimum atomic E-state index is -1.08. The van der Waals surface area contributed by atoms with E-state index in [2.05, 4.69) is 28.6 Å². The van der Waals surface area contributed by atoms with Crippen LogP contribution in [0.5, 0.6) is 0 Å². The van der Waals surface area contributed by atoms with E-state index in [9.17, 15) is 9.18 Å². The van der Waals surface area contributed by atoms with Gasteiger partial charge in [0.25, 0.3) is 5.91 Å². The number of aromatic amines is 1. The molecule has 2 atom stereocenters. The number of aromatic nitrogens is 1. The number of rotatable bonds is 0. The Bertz CT molecular complexity index is 1020. The van der Waals surface area contributed by atoms with Crippen molar-refractivity contribution in [1.29, 1.82) is 0 Å². The van der Waals surface area contributed by atoms with Gasteiger partial charge in [0, 0.05) is 28.2 Å². The molecule has 1 spiro atoms. The van der Waals surface area contributed by atoms with Crippen molar-refractivity contribution in [3.05, 3.63) is 65.1 Å². The van der Waals surface area contributed by atoms with E-state index in [1.807, 2.05) is 18.2 Å². The smallest absolute Gasteiger partial charge is 0.255 e. The topological polar surface area (TPSA) is 56.9 Å². The number of H-pyrrole nitrogens is 1. The predicted octanol–water partition coefficient (Wildman–Crippen LogP) is 3.43. The molecule has 2 aliphatic heterocycles. The number of carbonyl (C=O) groups excluding carboxylic acids is 1. The normalized spacial score (nSPS) is 24.9. The Labute approximate surface area is 144 Å². The molecule has 0 aliphatic carbocycles. The number of carbonyl (C=O) groups is 1. The van der Waals surface area contributed by atoms with Crippen LogP contribution in [0, 0.1) is 5.82 Å². The van der Waals surface area contributed by atoms with Crippen LogP contribution in [-0.4, -0.2) is 16.9 Å². The summed E-state index contributed by atoms with van der Waals surface area (Å²) in [6.45, 7) is 2.07. The molecule has 5 rings (SSSR count). The molecule has 3 aromatic rings. The van der Waals surface area contributed by atoms with Crippen molar-refractivity contribution >= 4 is 22.5 Å². The zero-order valence-electron chi connectivity index (χ0n) is 13.8. The van der Waals surface area contributed by atoms with Crippen molar-refractivity contribution in [2.75, 3.05) is 5.32 Å². The van der Waals surface area contributed by atoms with E-state index in [0.29, 0.717) is 11.3 Å². The van der Waals surface area contributed by atoms with E-state index in [-0.39, 0.29) is 17.8 Å². The van der Waals surface area contributed by atoms with Crippen LogP contribution in [0.1, 0.15) is 30.2 Å². The van der Waals surface area contributed by atoms with Gasteiger partial charge < -0.3 is 10.3 Å². The van der Waals surface area contributed by atoms with E-state index in [0.717, 1.165) is 35.0 Å². The highest BCUT2D eigenvalue weighted by molar-refractivity contribution is 6.09. The maximum absolute atomic E-state index is 14.0. The molecule has 1 amide bonds. The van der Waals surface area contributed by atoms with Crippen molar-refractivity contribution in [1.82, 2.24) is 10.3 Å². The Kier molecular flexibility index (Phi) is 2.89. The zero-order valence-corrected chi connectivity index (χ0v) is 13.8. The summed E-state index contributed by atoms with van der Waals surface area (Å²) < 4.78 is 14.0. The highest BCUT2D eigenvalue weighted by atomic mass is 19.1. The van der Waals surface area contributed by atoms with Gasteiger partial charge in [-0.3, -0.25) is 10.1 Å². The summed E-state index contributed by atoms with van der Waals surface area (Å²) in [6, 6.07) is 12.7. The average Bonchev–Trinajstić information content (AvgIpc) is 3.04. The number of fused-ring (bicyclic) bond motifs is 6. The lowest BCUT2D eigenvalue weighted by Crippen LogP contribution is -2.52. The van der Waals surface area contributed by atoms with E-state index in [1.165, 1.54) is 12.1 Å². The van der Waals surface area contributed by atoms with Gasteiger partial charge >= 0.3 is 0 Å². The lowest BCUT2D eigenvalue weighted by Gasteiger charge is -2.30. The van der Waals surface area contributed by atoms with Crippen molar-refractivity contribution in [3.8, 4) is 0 Å². The molecule has 0 fully saturated rings. The van der Waals surface area contributed by atoms with Crippen LogP contribution in [0.25, 0.3) is 10.9 Å². The molecular weight excluding hydrogens is 317 g/mol. The molecule has 2 aliphatic rings. The van der Waals surface area contributed by atoms with Crippen molar-refractivity contribution in [2.24, 2.45) is 0 Å². The molecule has 4 nitrogen and oxygen atoms in total. The standard InChI is InChI=1S/C20H18FN3O/c1-11-6-8-14-13-4-2-3-5-16(13)22-18(14)20(24-11)15-10-12(21)7-9-17(15)23-19(20)25/h2-5,7,9-11,22,24H,6,8H2,1H3,(H,23,25). The van der Waals surface area contributed by atoms with Crippen molar-refractivity contribution in [2.45, 2.75) is 31.3 Å². The van der Waals surface area contributed by atoms with E-state index in [1.54, 1.807) is 6.07 Å². The van der Waals surface area contributed by atoms with E-state index < -0.39 is 5.54 Å². The fraction of sp³-hybridized carbons (Fsp3) is 0.250. The molecule has 1 aromatic heterocycles. The van der Waals surface area contributed by atoms with Crippen molar-refractivity contribution < 1.29 is 9.18 Å². The maximum Gasteiger partial charge on any atom is 0.255 e. The van der Waals surface area contributed by atoms with Gasteiger partial charge in [0.1, 0.15) is 5.82 Å². The molecular formula is C20H18FN3O. The minimum Gasteiger partial charge on any atom is -0.356 e. The number of para-hydroxylation sites is 1. The first-order chi connectivity index (χ1) is 12.1. The van der Waals surface area contributed by atoms with Gasteiger partial charge in [0.15, 0.2) is 5.54 Å². The van der Waals surface area contributed by atoms with Crippen LogP contribution in [0.3, 0.4) is 0 Å². The average molecular weight is 335 g/mol. The summed E-state index contributed by atoms with van der Waals surface area (Å²) in [5.41, 5.74) is 3.21. The molecule has 0 bridgehead atoms. The van der Waals surface area contributed by atoms with E-state index in [4.69, 9.17) is 0 Å². The second-order valence-electron chi connectivity index (χ2n) is 7.00. The maximum atomic E-state index is 14.0. The molecule has 0 saturated heterocycles. The Hall–Kier alpha value is -2.66. The monoisotopic (exact) mass is 335 g/mol. The molecule has 2 aromatic carbocycles. The van der Waals surface area contributed by atoms with Crippen molar-refractivity contribution in [3.63, 3.8) is 0 Å². The lowest BCUT2D eigenvalue weighted by molar-refractivity contribution is -0.120. The number of hydrogen-bond donors (Lipinski definition) is 3. The molecule has 25 heavy (non-hydrogen) atoms. The summed E-state index contributed by atoms with van der Waals surface area (Å²) in [4.78, 5) is 16.6. The minimum absolute atomic E-state index is 0.125. The third-order valence-corrected chi connectivity index (χ3v) is 5.45. The molecule has 0 saturated carbocycles. The van der Waals surface area contributed by atoms with Gasteiger partial charge in [-0.25, -0.2) is 4.39 Å². The fourth-order valence-corrected chi connectivity index (χ4v) is 4.32. The Morgan fingerprint density at radius 3 is 2.92 bits per heavy atom. The first-order valence-corrected chi connectivity index (χ1v) is 8.59. The number of amides is 1. The summed E-state index contributed by atoms with van der Waals surface area (Å²) >= 11 is 0. The lowest BCUT2D eigenvalue weighted by atomic mass is 9.85. The van der Waals surface area contributed by atoms with Gasteiger partial charge in [-0.2, -0.15) is 0 Å². The van der Waals surface area contributed by atoms with Crippen LogP contribution >= 0.6 is 0 Å². The number of aryl methyl sites for hydroxylation is 1. The van der Waals surface area contributed by atoms with Gasteiger partial charge in [-0.05, 0) is 49.6 Å². The second-order valence-corrected chi connectivity index (χ2v) is 7.00. The fourth-order valence-electron chi connectivity index (χ4n) is 4.32. The molecule has 2 unspecified atom stereocenters. The number of nitrogens with one attached hydrogen (secondary N) is 3. The zero-order chi connectivity index (χ0) is 17.2. The van der Waals surface area contributed by atoms with Crippen LogP contribution in [0.15, 0.2) is 42.5 Å². The molecule has 3 N–H and O–H groups in total. The van der Waals surface area contributed by atoms with Gasteiger partial charge in [0.2, 0.25) is 0 Å². The predicted molar refractivity (Wildman–Crippen MR) is 95.0 cm³/mol. The van der Waals surface area contributed by atoms with Gasteiger partial charge in [-0.1, -0.05) is 18.2 Å². The summed E-state index contributed by atoms with van der Waals surface area (Å²) in [6.07, 6.45) is 1.78. The van der Waals surface area contributed by atoms with Crippen LogP contribution < -0.4 is 10.6 Å². The highest BCUT2D eigenvalue weighted by Crippen LogP contribution is 2.45. The third-order valence-electron chi connectivity index (χ3n) is 5.45. The first-order valence-electron chi connectivity index (χ1n) is 8.59. The SMILES string of the molecule is CC1CCc2c([nH]c3ccccc23)C2(N1)C(=O)Nc1ccc(F)cc12. The largest absolute Gasteiger partial charge is 0.356 e. The molecule has 3 heterocycles. The number of halogens is 1. The van der Waals surface area contributed by atoms with Gasteiger partial charge in [-0.15, -0.1) is 0 Å². The highest BCUT2D eigenvalue weighted by Gasteiger charge is 2.52. The summed E-state index contributed by atoms with van der Waals surface area (Å²) in [7, 11) is 0. The number of anilines is 1. The third kappa shape index (κ3) is 1.87. The number of hydrogen-bond acceptors (Lipinski definition) is 2. The summed E-state index contributed by atoms with van der Waals surface area (Å²) in [5.74, 6) is -0.499. The van der Waals surface area contributed by atoms with E-state index >= 15 is 0 Å². The van der Waals surface area contributed by atoms with Gasteiger partial charge in [0.05, 0.1) is 5.69 Å². The molecule has 126 valence electrons. The first kappa shape index (κ1) is 14.7. The van der Waals surface area contributed by atoms with Crippen LogP contribution in [-0.2, 0) is 16.8 Å². The van der Waals surface area contributed by atoms with Crippen LogP contribution in [0.4, 0.5) is 10.1 Å². The Morgan fingerprint density at radius 1 is 1.20 bits per heavy atom. The summed E-state index contributed by atoms with van der Waals surface area (Å²) in [5, 5.41) is 7.56. The quantitative estimate of drug-likeness (QED) is 0.589.